The first-order valence-corrected chi connectivity index (χ1v) is 6.45. The van der Waals surface area contributed by atoms with Crippen LogP contribution in [0.1, 0.15) is 61.3 Å². The van der Waals surface area contributed by atoms with Gasteiger partial charge in [0.1, 0.15) is 5.78 Å². The topological polar surface area (TPSA) is 20.3 Å². The van der Waals surface area contributed by atoms with Gasteiger partial charge in [-0.05, 0) is 54.0 Å². The van der Waals surface area contributed by atoms with Gasteiger partial charge in [0.25, 0.3) is 0 Å². The zero-order valence-electron chi connectivity index (χ0n) is 12.1. The lowest BCUT2D eigenvalue weighted by Crippen LogP contribution is -2.38. The first-order chi connectivity index (χ1) is 7.18. The van der Waals surface area contributed by atoms with Crippen LogP contribution in [0.15, 0.2) is 0 Å². The van der Waals surface area contributed by atoms with Gasteiger partial charge in [0.15, 0.2) is 0 Å². The summed E-state index contributed by atoms with van der Waals surface area (Å²) in [6.45, 7) is 15.8. The quantitative estimate of drug-likeness (QED) is 0.663. The van der Waals surface area contributed by atoms with Gasteiger partial charge in [-0.15, -0.1) is 0 Å². The molecule has 0 heterocycles. The molecule has 0 fully saturated rings. The number of ketones is 1. The second-order valence-electron chi connectivity index (χ2n) is 5.97. The number of carbonyl (C=O) groups excluding carboxylic acids is 1. The normalized spacial score (nSPS) is 12.9. The average molecular weight is 227 g/mol. The monoisotopic (exact) mass is 227 g/mol. The summed E-state index contributed by atoms with van der Waals surface area (Å²) in [6, 6.07) is 1.17. The Bertz CT molecular complexity index is 211. The van der Waals surface area contributed by atoms with Crippen LogP contribution < -0.4 is 0 Å². The van der Waals surface area contributed by atoms with E-state index in [-0.39, 0.29) is 5.41 Å². The molecule has 0 saturated carbocycles. The highest BCUT2D eigenvalue weighted by Crippen LogP contribution is 2.23. The van der Waals surface area contributed by atoms with E-state index in [9.17, 15) is 4.79 Å². The van der Waals surface area contributed by atoms with Crippen molar-refractivity contribution in [1.82, 2.24) is 4.90 Å². The minimum atomic E-state index is -0.153. The van der Waals surface area contributed by atoms with Crippen molar-refractivity contribution in [3.05, 3.63) is 0 Å². The molecule has 0 aromatic heterocycles. The van der Waals surface area contributed by atoms with Crippen LogP contribution in [0.25, 0.3) is 0 Å². The molecule has 0 bridgehead atoms. The third kappa shape index (κ3) is 5.11. The van der Waals surface area contributed by atoms with Gasteiger partial charge in [-0.2, -0.15) is 0 Å². The minimum Gasteiger partial charge on any atom is -0.299 e. The molecule has 2 nitrogen and oxygen atoms in total. The Kier molecular flexibility index (Phi) is 6.24. The van der Waals surface area contributed by atoms with Gasteiger partial charge in [-0.25, -0.2) is 0 Å². The average Bonchev–Trinajstić information content (AvgIpc) is 2.10. The molecular weight excluding hydrogens is 198 g/mol. The van der Waals surface area contributed by atoms with Crippen LogP contribution in [0, 0.1) is 5.41 Å². The highest BCUT2D eigenvalue weighted by molar-refractivity contribution is 5.81. The van der Waals surface area contributed by atoms with E-state index in [1.54, 1.807) is 6.92 Å². The third-order valence-electron chi connectivity index (χ3n) is 3.50. The Morgan fingerprint density at radius 1 is 1.12 bits per heavy atom. The van der Waals surface area contributed by atoms with Crippen LogP contribution in [0.4, 0.5) is 0 Å². The maximum atomic E-state index is 11.4. The fraction of sp³-hybridized carbons (Fsp3) is 0.929. The Balaban J connectivity index is 4.10. The fourth-order valence-corrected chi connectivity index (χ4v) is 1.99. The molecule has 0 unspecified atom stereocenters. The molecule has 2 heteroatoms. The van der Waals surface area contributed by atoms with Gasteiger partial charge in [-0.1, -0.05) is 13.8 Å². The lowest BCUT2D eigenvalue weighted by atomic mass is 9.84. The van der Waals surface area contributed by atoms with E-state index in [4.69, 9.17) is 0 Å². The molecule has 0 N–H and O–H groups in total. The van der Waals surface area contributed by atoms with Crippen molar-refractivity contribution in [2.45, 2.75) is 73.4 Å². The van der Waals surface area contributed by atoms with Crippen molar-refractivity contribution in [2.24, 2.45) is 5.41 Å². The molecule has 0 radical (unpaired) electrons. The Morgan fingerprint density at radius 3 is 1.88 bits per heavy atom. The zero-order valence-corrected chi connectivity index (χ0v) is 12.1. The summed E-state index contributed by atoms with van der Waals surface area (Å²) in [5, 5.41) is 0. The van der Waals surface area contributed by atoms with E-state index in [1.807, 2.05) is 13.8 Å². The van der Waals surface area contributed by atoms with E-state index in [0.29, 0.717) is 17.9 Å². The van der Waals surface area contributed by atoms with Gasteiger partial charge >= 0.3 is 0 Å². The highest BCUT2D eigenvalue weighted by atomic mass is 16.1. The van der Waals surface area contributed by atoms with E-state index >= 15 is 0 Å². The first kappa shape index (κ1) is 15.6. The van der Waals surface area contributed by atoms with Crippen molar-refractivity contribution in [3.8, 4) is 0 Å². The molecule has 0 rings (SSSR count). The molecule has 16 heavy (non-hydrogen) atoms. The van der Waals surface area contributed by atoms with E-state index < -0.39 is 0 Å². The first-order valence-electron chi connectivity index (χ1n) is 6.45. The summed E-state index contributed by atoms with van der Waals surface area (Å²) in [6.07, 6.45) is 2.08. The SMILES string of the molecule is CC(=O)C(C)(C)CCCN(C(C)C)C(C)C. The van der Waals surface area contributed by atoms with E-state index in [2.05, 4.69) is 32.6 Å². The van der Waals surface area contributed by atoms with Crippen molar-refractivity contribution in [1.29, 1.82) is 0 Å². The number of rotatable bonds is 7. The molecule has 0 aliphatic carbocycles. The van der Waals surface area contributed by atoms with Crippen LogP contribution in [0.5, 0.6) is 0 Å². The smallest absolute Gasteiger partial charge is 0.135 e. The van der Waals surface area contributed by atoms with E-state index in [1.165, 1.54) is 0 Å². The summed E-state index contributed by atoms with van der Waals surface area (Å²) < 4.78 is 0. The van der Waals surface area contributed by atoms with Crippen LogP contribution in [0.2, 0.25) is 0 Å². The van der Waals surface area contributed by atoms with Crippen LogP contribution in [0.3, 0.4) is 0 Å². The molecule has 0 aromatic rings. The van der Waals surface area contributed by atoms with Crippen molar-refractivity contribution in [2.75, 3.05) is 6.54 Å². The zero-order chi connectivity index (χ0) is 12.9. The summed E-state index contributed by atoms with van der Waals surface area (Å²) in [4.78, 5) is 13.9. The Hall–Kier alpha value is -0.370. The van der Waals surface area contributed by atoms with Crippen LogP contribution >= 0.6 is 0 Å². The summed E-state index contributed by atoms with van der Waals surface area (Å²) in [5.74, 6) is 0.299. The van der Waals surface area contributed by atoms with Gasteiger partial charge in [-0.3, -0.25) is 9.69 Å². The summed E-state index contributed by atoms with van der Waals surface area (Å²) in [5.41, 5.74) is -0.153. The number of nitrogens with zero attached hydrogens (tertiary/aromatic N) is 1. The minimum absolute atomic E-state index is 0.153. The van der Waals surface area contributed by atoms with Crippen molar-refractivity contribution >= 4 is 5.78 Å². The lowest BCUT2D eigenvalue weighted by molar-refractivity contribution is -0.125. The fourth-order valence-electron chi connectivity index (χ4n) is 1.99. The number of Topliss-reactive ketones (excluding diaryl/α,β-unsaturated/α-hetero) is 1. The summed E-state index contributed by atoms with van der Waals surface area (Å²) >= 11 is 0. The van der Waals surface area contributed by atoms with Gasteiger partial charge in [0.05, 0.1) is 0 Å². The predicted octanol–water partition coefficient (Wildman–Crippen LogP) is 3.50. The second-order valence-corrected chi connectivity index (χ2v) is 5.97. The van der Waals surface area contributed by atoms with Crippen molar-refractivity contribution < 1.29 is 4.79 Å². The summed E-state index contributed by atoms with van der Waals surface area (Å²) in [7, 11) is 0. The maximum absolute atomic E-state index is 11.4. The molecule has 0 amide bonds. The number of hydrogen-bond donors (Lipinski definition) is 0. The van der Waals surface area contributed by atoms with Gasteiger partial charge in [0.2, 0.25) is 0 Å². The Morgan fingerprint density at radius 2 is 1.56 bits per heavy atom. The molecule has 96 valence electrons. The second kappa shape index (κ2) is 6.39. The largest absolute Gasteiger partial charge is 0.299 e. The molecule has 0 atom stereocenters. The molecular formula is C14H29NO. The molecule has 0 saturated heterocycles. The molecule has 0 aromatic carbocycles. The lowest BCUT2D eigenvalue weighted by Gasteiger charge is -2.31. The van der Waals surface area contributed by atoms with Crippen LogP contribution in [-0.4, -0.2) is 29.3 Å². The third-order valence-corrected chi connectivity index (χ3v) is 3.50. The number of carbonyl (C=O) groups is 1. The highest BCUT2D eigenvalue weighted by Gasteiger charge is 2.23. The van der Waals surface area contributed by atoms with Crippen molar-refractivity contribution in [3.63, 3.8) is 0 Å². The number of hydrogen-bond acceptors (Lipinski definition) is 2. The Labute approximate surface area is 101 Å². The molecule has 0 spiro atoms. The predicted molar refractivity (Wildman–Crippen MR) is 70.7 cm³/mol. The van der Waals surface area contributed by atoms with Gasteiger partial charge in [0, 0.05) is 17.5 Å². The van der Waals surface area contributed by atoms with Crippen LogP contribution in [-0.2, 0) is 4.79 Å². The molecule has 0 aliphatic heterocycles. The standard InChI is InChI=1S/C14H29NO/c1-11(2)15(12(3)4)10-8-9-14(6,7)13(5)16/h11-12H,8-10H2,1-7H3. The maximum Gasteiger partial charge on any atom is 0.135 e. The van der Waals surface area contributed by atoms with E-state index in [0.717, 1.165) is 19.4 Å². The molecule has 0 aliphatic rings. The van der Waals surface area contributed by atoms with Gasteiger partial charge < -0.3 is 0 Å².